The van der Waals surface area contributed by atoms with Crippen molar-refractivity contribution in [2.24, 2.45) is 11.8 Å². The molecule has 1 fully saturated rings. The van der Waals surface area contributed by atoms with E-state index in [1.54, 1.807) is 0 Å². The van der Waals surface area contributed by atoms with Gasteiger partial charge in [-0.05, 0) is 42.7 Å². The largest absolute Gasteiger partial charge is 0.299 e. The fourth-order valence-corrected chi connectivity index (χ4v) is 2.74. The highest BCUT2D eigenvalue weighted by Crippen LogP contribution is 2.31. The average Bonchev–Trinajstić information content (AvgIpc) is 2.77. The minimum Gasteiger partial charge on any atom is -0.299 e. The molecule has 2 rings (SSSR count). The van der Waals surface area contributed by atoms with E-state index in [0.29, 0.717) is 18.1 Å². The molecule has 1 aliphatic rings. The number of benzene rings is 1. The van der Waals surface area contributed by atoms with Gasteiger partial charge in [0.1, 0.15) is 5.78 Å². The Bertz CT molecular complexity index is 377. The van der Waals surface area contributed by atoms with E-state index in [9.17, 15) is 4.79 Å². The fourth-order valence-electron chi connectivity index (χ4n) is 2.74. The topological polar surface area (TPSA) is 17.1 Å². The third-order valence-corrected chi connectivity index (χ3v) is 3.96. The van der Waals surface area contributed by atoms with Crippen molar-refractivity contribution >= 4 is 5.78 Å². The molecule has 1 nitrogen and oxygen atoms in total. The number of carbonyl (C=O) groups excluding carboxylic acids is 1. The first-order valence-electron chi connectivity index (χ1n) is 6.79. The van der Waals surface area contributed by atoms with Crippen LogP contribution in [0.1, 0.15) is 44.2 Å². The SMILES string of the molecule is CCc1ccc(CC(=O)C2CCC(C)C2)cc1. The van der Waals surface area contributed by atoms with Crippen LogP contribution in [0.4, 0.5) is 0 Å². The highest BCUT2D eigenvalue weighted by Gasteiger charge is 2.26. The molecule has 0 saturated heterocycles. The van der Waals surface area contributed by atoms with Gasteiger partial charge in [-0.25, -0.2) is 0 Å². The summed E-state index contributed by atoms with van der Waals surface area (Å²) in [5.74, 6) is 1.51. The van der Waals surface area contributed by atoms with Crippen LogP contribution in [0.15, 0.2) is 24.3 Å². The van der Waals surface area contributed by atoms with Gasteiger partial charge in [0.2, 0.25) is 0 Å². The number of hydrogen-bond acceptors (Lipinski definition) is 1. The molecule has 1 aromatic carbocycles. The maximum atomic E-state index is 12.1. The van der Waals surface area contributed by atoms with Crippen molar-refractivity contribution in [1.29, 1.82) is 0 Å². The van der Waals surface area contributed by atoms with Crippen molar-refractivity contribution in [3.63, 3.8) is 0 Å². The molecule has 0 bridgehead atoms. The van der Waals surface area contributed by atoms with Crippen LogP contribution in [-0.2, 0) is 17.6 Å². The molecule has 0 radical (unpaired) electrons. The predicted octanol–water partition coefficient (Wildman–Crippen LogP) is 3.80. The lowest BCUT2D eigenvalue weighted by Crippen LogP contribution is -2.13. The summed E-state index contributed by atoms with van der Waals surface area (Å²) in [6, 6.07) is 8.49. The van der Waals surface area contributed by atoms with E-state index in [2.05, 4.69) is 38.1 Å². The summed E-state index contributed by atoms with van der Waals surface area (Å²) in [7, 11) is 0. The summed E-state index contributed by atoms with van der Waals surface area (Å²) >= 11 is 0. The zero-order valence-corrected chi connectivity index (χ0v) is 10.9. The summed E-state index contributed by atoms with van der Waals surface area (Å²) < 4.78 is 0. The Morgan fingerprint density at radius 1 is 1.18 bits per heavy atom. The second-order valence-corrected chi connectivity index (χ2v) is 5.43. The second-order valence-electron chi connectivity index (χ2n) is 5.43. The van der Waals surface area contributed by atoms with Crippen molar-refractivity contribution in [3.8, 4) is 0 Å². The van der Waals surface area contributed by atoms with Crippen LogP contribution >= 0.6 is 0 Å². The Balaban J connectivity index is 1.93. The quantitative estimate of drug-likeness (QED) is 0.769. The van der Waals surface area contributed by atoms with Crippen LogP contribution in [0.2, 0.25) is 0 Å². The molecular formula is C16H22O. The van der Waals surface area contributed by atoms with Crippen LogP contribution in [0, 0.1) is 11.8 Å². The molecule has 1 saturated carbocycles. The van der Waals surface area contributed by atoms with Gasteiger partial charge >= 0.3 is 0 Å². The van der Waals surface area contributed by atoms with Crippen LogP contribution in [0.5, 0.6) is 0 Å². The fraction of sp³-hybridized carbons (Fsp3) is 0.562. The van der Waals surface area contributed by atoms with E-state index in [4.69, 9.17) is 0 Å². The molecule has 2 atom stereocenters. The molecule has 1 heteroatoms. The Labute approximate surface area is 104 Å². The molecular weight excluding hydrogens is 208 g/mol. The summed E-state index contributed by atoms with van der Waals surface area (Å²) in [4.78, 5) is 12.1. The minimum absolute atomic E-state index is 0.329. The predicted molar refractivity (Wildman–Crippen MR) is 71.0 cm³/mol. The number of ketones is 1. The van der Waals surface area contributed by atoms with Gasteiger partial charge in [-0.3, -0.25) is 4.79 Å². The van der Waals surface area contributed by atoms with E-state index < -0.39 is 0 Å². The summed E-state index contributed by atoms with van der Waals surface area (Å²) in [6.07, 6.45) is 5.12. The molecule has 0 amide bonds. The van der Waals surface area contributed by atoms with Crippen LogP contribution in [0.25, 0.3) is 0 Å². The van der Waals surface area contributed by atoms with Crippen molar-refractivity contribution in [1.82, 2.24) is 0 Å². The molecule has 0 aromatic heterocycles. The van der Waals surface area contributed by atoms with Crippen LogP contribution < -0.4 is 0 Å². The third kappa shape index (κ3) is 3.18. The van der Waals surface area contributed by atoms with Crippen molar-refractivity contribution in [2.75, 3.05) is 0 Å². The number of Topliss-reactive ketones (excluding diaryl/α,β-unsaturated/α-hetero) is 1. The molecule has 0 N–H and O–H groups in total. The lowest BCUT2D eigenvalue weighted by Gasteiger charge is -2.08. The van der Waals surface area contributed by atoms with Crippen LogP contribution in [0.3, 0.4) is 0 Å². The zero-order valence-electron chi connectivity index (χ0n) is 10.9. The molecule has 0 heterocycles. The Kier molecular flexibility index (Phi) is 3.98. The normalized spacial score (nSPS) is 23.9. The average molecular weight is 230 g/mol. The molecule has 17 heavy (non-hydrogen) atoms. The lowest BCUT2D eigenvalue weighted by molar-refractivity contribution is -0.122. The number of hydrogen-bond donors (Lipinski definition) is 0. The summed E-state index contributed by atoms with van der Waals surface area (Å²) in [5, 5.41) is 0. The first-order valence-corrected chi connectivity index (χ1v) is 6.79. The van der Waals surface area contributed by atoms with E-state index in [0.717, 1.165) is 25.2 Å². The smallest absolute Gasteiger partial charge is 0.140 e. The van der Waals surface area contributed by atoms with Crippen LogP contribution in [-0.4, -0.2) is 5.78 Å². The van der Waals surface area contributed by atoms with E-state index in [1.807, 2.05) is 0 Å². The molecule has 1 aromatic rings. The van der Waals surface area contributed by atoms with Crippen molar-refractivity contribution in [2.45, 2.75) is 46.0 Å². The van der Waals surface area contributed by atoms with Gasteiger partial charge in [0.15, 0.2) is 0 Å². The van der Waals surface area contributed by atoms with Gasteiger partial charge in [-0.15, -0.1) is 0 Å². The molecule has 2 unspecified atom stereocenters. The van der Waals surface area contributed by atoms with E-state index in [-0.39, 0.29) is 0 Å². The Hall–Kier alpha value is -1.11. The molecule has 1 aliphatic carbocycles. The Morgan fingerprint density at radius 3 is 2.35 bits per heavy atom. The highest BCUT2D eigenvalue weighted by atomic mass is 16.1. The van der Waals surface area contributed by atoms with Gasteiger partial charge in [0.25, 0.3) is 0 Å². The minimum atomic E-state index is 0.329. The highest BCUT2D eigenvalue weighted by molar-refractivity contribution is 5.83. The van der Waals surface area contributed by atoms with Crippen molar-refractivity contribution in [3.05, 3.63) is 35.4 Å². The van der Waals surface area contributed by atoms with Gasteiger partial charge in [0, 0.05) is 12.3 Å². The molecule has 0 aliphatic heterocycles. The maximum absolute atomic E-state index is 12.1. The summed E-state index contributed by atoms with van der Waals surface area (Å²) in [6.45, 7) is 4.41. The first-order chi connectivity index (χ1) is 8.19. The number of carbonyl (C=O) groups is 1. The number of rotatable bonds is 4. The van der Waals surface area contributed by atoms with E-state index >= 15 is 0 Å². The lowest BCUT2D eigenvalue weighted by atomic mass is 9.95. The van der Waals surface area contributed by atoms with Gasteiger partial charge in [0.05, 0.1) is 0 Å². The van der Waals surface area contributed by atoms with Gasteiger partial charge in [-0.1, -0.05) is 38.1 Å². The van der Waals surface area contributed by atoms with E-state index in [1.165, 1.54) is 17.5 Å². The van der Waals surface area contributed by atoms with Crippen molar-refractivity contribution < 1.29 is 4.79 Å². The second kappa shape index (κ2) is 5.48. The van der Waals surface area contributed by atoms with Gasteiger partial charge < -0.3 is 0 Å². The number of aryl methyl sites for hydroxylation is 1. The monoisotopic (exact) mass is 230 g/mol. The van der Waals surface area contributed by atoms with Gasteiger partial charge in [-0.2, -0.15) is 0 Å². The molecule has 0 spiro atoms. The Morgan fingerprint density at radius 2 is 1.82 bits per heavy atom. The standard InChI is InChI=1S/C16H22O/c1-3-13-5-7-14(8-6-13)11-16(17)15-9-4-12(2)10-15/h5-8,12,15H,3-4,9-11H2,1-2H3. The molecule has 92 valence electrons. The first kappa shape index (κ1) is 12.3. The maximum Gasteiger partial charge on any atom is 0.140 e. The zero-order chi connectivity index (χ0) is 12.3. The third-order valence-electron chi connectivity index (χ3n) is 3.96. The summed E-state index contributed by atoms with van der Waals surface area (Å²) in [5.41, 5.74) is 2.52.